The van der Waals surface area contributed by atoms with Crippen molar-refractivity contribution in [3.8, 4) is 0 Å². The van der Waals surface area contributed by atoms with Crippen molar-refractivity contribution in [3.63, 3.8) is 0 Å². The summed E-state index contributed by atoms with van der Waals surface area (Å²) < 4.78 is 1.03. The van der Waals surface area contributed by atoms with Gasteiger partial charge >= 0.3 is 0 Å². The van der Waals surface area contributed by atoms with Crippen molar-refractivity contribution in [2.45, 2.75) is 13.0 Å². The summed E-state index contributed by atoms with van der Waals surface area (Å²) in [5.41, 5.74) is 3.24. The zero-order valence-corrected chi connectivity index (χ0v) is 7.80. The van der Waals surface area contributed by atoms with Crippen LogP contribution in [0.2, 0.25) is 0 Å². The van der Waals surface area contributed by atoms with Crippen molar-refractivity contribution in [1.29, 1.82) is 0 Å². The second-order valence-electron chi connectivity index (χ2n) is 2.41. The Balaban J connectivity index is 2.86. The molecule has 0 bridgehead atoms. The molecule has 0 heterocycles. The third-order valence-corrected chi connectivity index (χ3v) is 2.04. The normalized spacial score (nSPS) is 13.0. The van der Waals surface area contributed by atoms with Crippen LogP contribution in [0.15, 0.2) is 28.7 Å². The number of benzene rings is 1. The number of hydrogen-bond acceptors (Lipinski definition) is 2. The smallest absolute Gasteiger partial charge is 0.0541 e. The lowest BCUT2D eigenvalue weighted by molar-refractivity contribution is 0.133. The first-order valence-electron chi connectivity index (χ1n) is 3.39. The van der Waals surface area contributed by atoms with Gasteiger partial charge < -0.3 is 5.21 Å². The molecule has 0 radical (unpaired) electrons. The van der Waals surface area contributed by atoms with Crippen LogP contribution in [0.5, 0.6) is 0 Å². The molecule has 1 aromatic rings. The van der Waals surface area contributed by atoms with Crippen molar-refractivity contribution in [3.05, 3.63) is 34.3 Å². The van der Waals surface area contributed by atoms with Crippen LogP contribution in [-0.2, 0) is 0 Å². The summed E-state index contributed by atoms with van der Waals surface area (Å²) in [6, 6.07) is 7.79. The van der Waals surface area contributed by atoms with Crippen LogP contribution in [0.1, 0.15) is 18.5 Å². The molecule has 1 atom stereocenters. The van der Waals surface area contributed by atoms with Gasteiger partial charge in [-0.15, -0.1) is 0 Å². The van der Waals surface area contributed by atoms with Gasteiger partial charge in [-0.05, 0) is 24.6 Å². The highest BCUT2D eigenvalue weighted by atomic mass is 79.9. The summed E-state index contributed by atoms with van der Waals surface area (Å²) in [5.74, 6) is 0. The van der Waals surface area contributed by atoms with Crippen LogP contribution in [-0.4, -0.2) is 5.21 Å². The van der Waals surface area contributed by atoms with Gasteiger partial charge in [0.25, 0.3) is 0 Å². The molecule has 0 aliphatic carbocycles. The average Bonchev–Trinajstić information content (AvgIpc) is 2.03. The molecule has 0 saturated carbocycles. The fourth-order valence-electron chi connectivity index (χ4n) is 0.850. The number of rotatable bonds is 2. The van der Waals surface area contributed by atoms with Gasteiger partial charge in [0.1, 0.15) is 0 Å². The predicted molar refractivity (Wildman–Crippen MR) is 47.5 cm³/mol. The molecular weight excluding hydrogens is 206 g/mol. The van der Waals surface area contributed by atoms with E-state index >= 15 is 0 Å². The average molecular weight is 216 g/mol. The van der Waals surface area contributed by atoms with Crippen molar-refractivity contribution in [2.75, 3.05) is 0 Å². The van der Waals surface area contributed by atoms with Crippen LogP contribution in [0, 0.1) is 0 Å². The highest BCUT2D eigenvalue weighted by Crippen LogP contribution is 2.16. The molecular formula is C8H10BrNO. The van der Waals surface area contributed by atoms with Gasteiger partial charge in [0.05, 0.1) is 6.04 Å². The number of hydrogen-bond donors (Lipinski definition) is 2. The quantitative estimate of drug-likeness (QED) is 0.744. The number of halogens is 1. The van der Waals surface area contributed by atoms with E-state index in [0.29, 0.717) is 0 Å². The van der Waals surface area contributed by atoms with Gasteiger partial charge in [0.15, 0.2) is 0 Å². The Hall–Kier alpha value is -0.380. The molecule has 0 aromatic heterocycles. The zero-order valence-electron chi connectivity index (χ0n) is 6.21. The molecule has 0 saturated heterocycles. The van der Waals surface area contributed by atoms with E-state index in [2.05, 4.69) is 21.4 Å². The van der Waals surface area contributed by atoms with E-state index in [9.17, 15) is 0 Å². The summed E-state index contributed by atoms with van der Waals surface area (Å²) in [6.45, 7) is 1.89. The third-order valence-electron chi connectivity index (χ3n) is 1.54. The lowest BCUT2D eigenvalue weighted by atomic mass is 10.1. The third kappa shape index (κ3) is 2.29. The molecule has 2 nitrogen and oxygen atoms in total. The minimum Gasteiger partial charge on any atom is -0.316 e. The Labute approximate surface area is 74.3 Å². The molecule has 1 unspecified atom stereocenters. The maximum atomic E-state index is 8.61. The molecule has 3 heteroatoms. The Morgan fingerprint density at radius 3 is 2.82 bits per heavy atom. The van der Waals surface area contributed by atoms with Crippen LogP contribution in [0.25, 0.3) is 0 Å². The minimum absolute atomic E-state index is 0.0208. The van der Waals surface area contributed by atoms with Gasteiger partial charge in [0.2, 0.25) is 0 Å². The van der Waals surface area contributed by atoms with E-state index in [4.69, 9.17) is 5.21 Å². The predicted octanol–water partition coefficient (Wildman–Crippen LogP) is 2.49. The lowest BCUT2D eigenvalue weighted by Gasteiger charge is -2.08. The van der Waals surface area contributed by atoms with Gasteiger partial charge in [-0.3, -0.25) is 0 Å². The first-order valence-corrected chi connectivity index (χ1v) is 4.18. The Morgan fingerprint density at radius 2 is 2.27 bits per heavy atom. The fourth-order valence-corrected chi connectivity index (χ4v) is 1.27. The second kappa shape index (κ2) is 3.85. The minimum atomic E-state index is -0.0208. The number of hydroxylamine groups is 1. The topological polar surface area (TPSA) is 32.3 Å². The molecule has 1 rings (SSSR count). The van der Waals surface area contributed by atoms with E-state index in [0.717, 1.165) is 10.0 Å². The molecule has 0 aliphatic rings. The second-order valence-corrected chi connectivity index (χ2v) is 3.32. The first kappa shape index (κ1) is 8.71. The van der Waals surface area contributed by atoms with Gasteiger partial charge in [-0.2, -0.15) is 5.48 Å². The Kier molecular flexibility index (Phi) is 3.05. The Morgan fingerprint density at radius 1 is 1.55 bits per heavy atom. The highest BCUT2D eigenvalue weighted by molar-refractivity contribution is 9.10. The van der Waals surface area contributed by atoms with Crippen LogP contribution < -0.4 is 5.48 Å². The maximum absolute atomic E-state index is 8.61. The summed E-state index contributed by atoms with van der Waals surface area (Å²) in [5, 5.41) is 8.61. The van der Waals surface area contributed by atoms with Crippen molar-refractivity contribution < 1.29 is 5.21 Å². The summed E-state index contributed by atoms with van der Waals surface area (Å²) in [4.78, 5) is 0. The fraction of sp³-hybridized carbons (Fsp3) is 0.250. The molecule has 0 amide bonds. The van der Waals surface area contributed by atoms with Crippen molar-refractivity contribution >= 4 is 15.9 Å². The van der Waals surface area contributed by atoms with Gasteiger partial charge in [-0.25, -0.2) is 0 Å². The molecule has 2 N–H and O–H groups in total. The van der Waals surface area contributed by atoms with E-state index in [-0.39, 0.29) is 6.04 Å². The first-order chi connectivity index (χ1) is 5.24. The summed E-state index contributed by atoms with van der Waals surface area (Å²) in [7, 11) is 0. The zero-order chi connectivity index (χ0) is 8.27. The van der Waals surface area contributed by atoms with Crippen molar-refractivity contribution in [1.82, 2.24) is 5.48 Å². The van der Waals surface area contributed by atoms with E-state index in [1.165, 1.54) is 0 Å². The molecule has 60 valence electrons. The Bertz CT molecular complexity index is 239. The monoisotopic (exact) mass is 215 g/mol. The molecule has 0 spiro atoms. The van der Waals surface area contributed by atoms with Crippen LogP contribution in [0.3, 0.4) is 0 Å². The number of nitrogens with one attached hydrogen (secondary N) is 1. The van der Waals surface area contributed by atoms with Gasteiger partial charge in [0, 0.05) is 4.47 Å². The summed E-state index contributed by atoms with van der Waals surface area (Å²) >= 11 is 3.35. The summed E-state index contributed by atoms with van der Waals surface area (Å²) in [6.07, 6.45) is 0. The standard InChI is InChI=1S/C8H10BrNO/c1-6(10-11)7-3-2-4-8(9)5-7/h2-6,10-11H,1H3. The lowest BCUT2D eigenvalue weighted by Crippen LogP contribution is -2.12. The largest absolute Gasteiger partial charge is 0.316 e. The van der Waals surface area contributed by atoms with Crippen LogP contribution in [0.4, 0.5) is 0 Å². The maximum Gasteiger partial charge on any atom is 0.0541 e. The van der Waals surface area contributed by atoms with Crippen LogP contribution >= 0.6 is 15.9 Å². The van der Waals surface area contributed by atoms with E-state index in [1.807, 2.05) is 31.2 Å². The molecule has 0 aliphatic heterocycles. The van der Waals surface area contributed by atoms with Gasteiger partial charge in [-0.1, -0.05) is 28.1 Å². The SMILES string of the molecule is CC(NO)c1cccc(Br)c1. The van der Waals surface area contributed by atoms with Crippen molar-refractivity contribution in [2.24, 2.45) is 0 Å². The molecule has 0 fully saturated rings. The van der Waals surface area contributed by atoms with E-state index in [1.54, 1.807) is 0 Å². The highest BCUT2D eigenvalue weighted by Gasteiger charge is 2.01. The molecule has 11 heavy (non-hydrogen) atoms. The molecule has 1 aromatic carbocycles. The van der Waals surface area contributed by atoms with E-state index < -0.39 is 0 Å².